The average Bonchev–Trinajstić information content (AvgIpc) is 2.73. The predicted molar refractivity (Wildman–Crippen MR) is 66.9 cm³/mol. The summed E-state index contributed by atoms with van der Waals surface area (Å²) in [6.45, 7) is 0. The SMILES string of the molecule is N#Cc1sc(-c2cccc(Br)c2)nc1C(=O)O. The smallest absolute Gasteiger partial charge is 0.356 e. The first-order valence-corrected chi connectivity index (χ1v) is 6.13. The van der Waals surface area contributed by atoms with Crippen LogP contribution in [0.1, 0.15) is 15.4 Å². The Labute approximate surface area is 109 Å². The van der Waals surface area contributed by atoms with E-state index in [1.807, 2.05) is 30.3 Å². The first-order chi connectivity index (χ1) is 8.11. The van der Waals surface area contributed by atoms with Crippen molar-refractivity contribution in [2.24, 2.45) is 0 Å². The Hall–Kier alpha value is -1.71. The van der Waals surface area contributed by atoms with Gasteiger partial charge in [0.15, 0.2) is 5.69 Å². The number of rotatable bonds is 2. The van der Waals surface area contributed by atoms with Crippen molar-refractivity contribution < 1.29 is 9.90 Å². The van der Waals surface area contributed by atoms with Gasteiger partial charge < -0.3 is 5.11 Å². The number of thiazole rings is 1. The minimum atomic E-state index is -1.18. The molecule has 0 bridgehead atoms. The predicted octanol–water partition coefficient (Wildman–Crippen LogP) is 3.14. The molecule has 84 valence electrons. The van der Waals surface area contributed by atoms with Crippen LogP contribution in [0.15, 0.2) is 28.7 Å². The molecule has 4 nitrogen and oxygen atoms in total. The van der Waals surface area contributed by atoms with E-state index in [2.05, 4.69) is 20.9 Å². The second-order valence-electron chi connectivity index (χ2n) is 3.12. The van der Waals surface area contributed by atoms with Crippen LogP contribution in [0.4, 0.5) is 0 Å². The van der Waals surface area contributed by atoms with E-state index in [-0.39, 0.29) is 10.6 Å². The maximum absolute atomic E-state index is 10.9. The highest BCUT2D eigenvalue weighted by molar-refractivity contribution is 9.10. The minimum absolute atomic E-state index is 0.118. The van der Waals surface area contributed by atoms with Crippen molar-refractivity contribution in [3.63, 3.8) is 0 Å². The summed E-state index contributed by atoms with van der Waals surface area (Å²) in [6, 6.07) is 9.17. The third kappa shape index (κ3) is 2.35. The van der Waals surface area contributed by atoms with Gasteiger partial charge in [0.05, 0.1) is 0 Å². The normalized spacial score (nSPS) is 9.88. The van der Waals surface area contributed by atoms with Gasteiger partial charge in [-0.1, -0.05) is 28.1 Å². The van der Waals surface area contributed by atoms with E-state index >= 15 is 0 Å². The zero-order valence-electron chi connectivity index (χ0n) is 8.35. The van der Waals surface area contributed by atoms with Gasteiger partial charge in [0.1, 0.15) is 16.0 Å². The molecule has 2 rings (SSSR count). The molecule has 1 aromatic heterocycles. The number of benzene rings is 1. The number of aromatic carboxylic acids is 1. The van der Waals surface area contributed by atoms with Gasteiger partial charge in [-0.05, 0) is 12.1 Å². The van der Waals surface area contributed by atoms with Gasteiger partial charge in [0.25, 0.3) is 0 Å². The topological polar surface area (TPSA) is 74.0 Å². The van der Waals surface area contributed by atoms with Crippen LogP contribution in [0.2, 0.25) is 0 Å². The molecule has 6 heteroatoms. The van der Waals surface area contributed by atoms with Gasteiger partial charge in [-0.2, -0.15) is 5.26 Å². The first-order valence-electron chi connectivity index (χ1n) is 4.52. The molecule has 0 saturated carbocycles. The molecule has 0 aliphatic rings. The summed E-state index contributed by atoms with van der Waals surface area (Å²) in [6.07, 6.45) is 0. The molecule has 0 aliphatic carbocycles. The standard InChI is InChI=1S/C11H5BrN2O2S/c12-7-3-1-2-6(4-7)10-14-9(11(15)16)8(5-13)17-10/h1-4H,(H,15,16). The first kappa shape index (κ1) is 11.8. The molecule has 0 spiro atoms. The Morgan fingerprint density at radius 3 is 2.82 bits per heavy atom. The summed E-state index contributed by atoms with van der Waals surface area (Å²) in [5.74, 6) is -1.18. The van der Waals surface area contributed by atoms with Crippen molar-refractivity contribution in [1.82, 2.24) is 4.98 Å². The third-order valence-corrected chi connectivity index (χ3v) is 3.51. The number of hydrogen-bond donors (Lipinski definition) is 1. The average molecular weight is 309 g/mol. The van der Waals surface area contributed by atoms with Crippen LogP contribution in [-0.2, 0) is 0 Å². The summed E-state index contributed by atoms with van der Waals surface area (Å²) in [4.78, 5) is 15.0. The highest BCUT2D eigenvalue weighted by Gasteiger charge is 2.17. The fourth-order valence-electron chi connectivity index (χ4n) is 1.29. The second kappa shape index (κ2) is 4.65. The molecule has 0 aliphatic heterocycles. The van der Waals surface area contributed by atoms with E-state index in [0.29, 0.717) is 5.01 Å². The summed E-state index contributed by atoms with van der Waals surface area (Å²) < 4.78 is 0.876. The molecular weight excluding hydrogens is 304 g/mol. The summed E-state index contributed by atoms with van der Waals surface area (Å²) in [5.41, 5.74) is 0.598. The van der Waals surface area contributed by atoms with Gasteiger partial charge in [0.2, 0.25) is 0 Å². The lowest BCUT2D eigenvalue weighted by molar-refractivity contribution is 0.0691. The molecule has 0 saturated heterocycles. The summed E-state index contributed by atoms with van der Waals surface area (Å²) in [7, 11) is 0. The molecule has 0 radical (unpaired) electrons. The molecule has 17 heavy (non-hydrogen) atoms. The van der Waals surface area contributed by atoms with Crippen LogP contribution in [0.25, 0.3) is 10.6 Å². The van der Waals surface area contributed by atoms with Crippen LogP contribution in [0.3, 0.4) is 0 Å². The molecule has 0 atom stereocenters. The molecule has 1 aromatic carbocycles. The lowest BCUT2D eigenvalue weighted by Gasteiger charge is -1.95. The summed E-state index contributed by atoms with van der Waals surface area (Å²) >= 11 is 4.40. The van der Waals surface area contributed by atoms with Crippen molar-refractivity contribution in [3.8, 4) is 16.6 Å². The lowest BCUT2D eigenvalue weighted by Crippen LogP contribution is -1.98. The van der Waals surface area contributed by atoms with Crippen LogP contribution >= 0.6 is 27.3 Å². The monoisotopic (exact) mass is 308 g/mol. The Bertz CT molecular complexity index is 631. The lowest BCUT2D eigenvalue weighted by atomic mass is 10.2. The van der Waals surface area contributed by atoms with Gasteiger partial charge in [-0.3, -0.25) is 0 Å². The third-order valence-electron chi connectivity index (χ3n) is 2.00. The van der Waals surface area contributed by atoms with E-state index in [0.717, 1.165) is 21.4 Å². The number of nitrogens with zero attached hydrogens (tertiary/aromatic N) is 2. The van der Waals surface area contributed by atoms with Crippen molar-refractivity contribution in [1.29, 1.82) is 5.26 Å². The number of halogens is 1. The van der Waals surface area contributed by atoms with Crippen molar-refractivity contribution in [2.75, 3.05) is 0 Å². The molecule has 0 fully saturated rings. The number of carboxylic acids is 1. The fraction of sp³-hybridized carbons (Fsp3) is 0. The summed E-state index contributed by atoms with van der Waals surface area (Å²) in [5, 5.41) is 18.3. The maximum Gasteiger partial charge on any atom is 0.356 e. The van der Waals surface area contributed by atoms with E-state index in [9.17, 15) is 4.79 Å². The highest BCUT2D eigenvalue weighted by Crippen LogP contribution is 2.29. The quantitative estimate of drug-likeness (QED) is 0.925. The Morgan fingerprint density at radius 2 is 2.29 bits per heavy atom. The fourth-order valence-corrected chi connectivity index (χ4v) is 2.54. The van der Waals surface area contributed by atoms with Crippen molar-refractivity contribution in [3.05, 3.63) is 39.3 Å². The molecular formula is C11H5BrN2O2S. The number of nitriles is 1. The van der Waals surface area contributed by atoms with Crippen LogP contribution < -0.4 is 0 Å². The molecule has 1 N–H and O–H groups in total. The zero-order valence-corrected chi connectivity index (χ0v) is 10.7. The molecule has 0 amide bonds. The second-order valence-corrected chi connectivity index (χ2v) is 5.04. The van der Waals surface area contributed by atoms with E-state index < -0.39 is 5.97 Å². The molecule has 1 heterocycles. The largest absolute Gasteiger partial charge is 0.476 e. The van der Waals surface area contributed by atoms with E-state index in [1.54, 1.807) is 0 Å². The molecule has 0 unspecified atom stereocenters. The van der Waals surface area contributed by atoms with Gasteiger partial charge in [0, 0.05) is 10.0 Å². The number of aromatic nitrogens is 1. The van der Waals surface area contributed by atoms with Gasteiger partial charge in [-0.25, -0.2) is 9.78 Å². The van der Waals surface area contributed by atoms with Gasteiger partial charge in [-0.15, -0.1) is 11.3 Å². The van der Waals surface area contributed by atoms with Gasteiger partial charge >= 0.3 is 5.97 Å². The Balaban J connectivity index is 2.55. The van der Waals surface area contributed by atoms with E-state index in [1.165, 1.54) is 0 Å². The van der Waals surface area contributed by atoms with Crippen molar-refractivity contribution >= 4 is 33.2 Å². The number of hydrogen-bond acceptors (Lipinski definition) is 4. The molecule has 2 aromatic rings. The zero-order chi connectivity index (χ0) is 12.4. The number of carbonyl (C=O) groups is 1. The van der Waals surface area contributed by atoms with E-state index in [4.69, 9.17) is 10.4 Å². The Kier molecular flexibility index (Phi) is 3.22. The number of carboxylic acid groups (broad SMARTS) is 1. The van der Waals surface area contributed by atoms with Crippen molar-refractivity contribution in [2.45, 2.75) is 0 Å². The Morgan fingerprint density at radius 1 is 1.53 bits per heavy atom. The highest BCUT2D eigenvalue weighted by atomic mass is 79.9. The van der Waals surface area contributed by atoms with Crippen LogP contribution in [0, 0.1) is 11.3 Å². The maximum atomic E-state index is 10.9. The van der Waals surface area contributed by atoms with Crippen LogP contribution in [0.5, 0.6) is 0 Å². The van der Waals surface area contributed by atoms with Crippen LogP contribution in [-0.4, -0.2) is 16.1 Å². The minimum Gasteiger partial charge on any atom is -0.476 e.